The average Bonchev–Trinajstić information content (AvgIpc) is 2.55. The number of alkyl carbamates (subject to hydrolysis) is 1. The zero-order chi connectivity index (χ0) is 16.0. The summed E-state index contributed by atoms with van der Waals surface area (Å²) in [6.45, 7) is 5.14. The Labute approximate surface area is 132 Å². The van der Waals surface area contributed by atoms with Gasteiger partial charge in [0.2, 0.25) is 5.91 Å². The number of unbranched alkanes of at least 4 members (excludes halogenated alkanes) is 2. The first-order valence-corrected chi connectivity index (χ1v) is 7.73. The number of rotatable bonds is 10. The first kappa shape index (κ1) is 18.0. The second-order valence-electron chi connectivity index (χ2n) is 5.00. The molecule has 5 heteroatoms. The Balaban J connectivity index is 1.96. The average molecular weight is 305 g/mol. The normalized spacial score (nSPS) is 10.0. The van der Waals surface area contributed by atoms with Gasteiger partial charge in [0.15, 0.2) is 0 Å². The summed E-state index contributed by atoms with van der Waals surface area (Å²) in [4.78, 5) is 22.8. The van der Waals surface area contributed by atoms with E-state index >= 15 is 0 Å². The van der Waals surface area contributed by atoms with Gasteiger partial charge in [-0.25, -0.2) is 4.79 Å². The third-order valence-corrected chi connectivity index (χ3v) is 3.06. The number of ether oxygens (including phenoxy) is 1. The van der Waals surface area contributed by atoms with Crippen LogP contribution in [-0.4, -0.2) is 25.1 Å². The highest BCUT2D eigenvalue weighted by Crippen LogP contribution is 2.01. The Hall–Kier alpha value is -2.04. The number of carbonyl (C=O) groups excluding carboxylic acids is 2. The van der Waals surface area contributed by atoms with Crippen LogP contribution in [-0.2, 0) is 16.1 Å². The smallest absolute Gasteiger partial charge is 0.407 e. The number of hydrogen-bond acceptors (Lipinski definition) is 3. The van der Waals surface area contributed by atoms with Gasteiger partial charge in [0.25, 0.3) is 0 Å². The third-order valence-electron chi connectivity index (χ3n) is 3.06. The number of benzene rings is 1. The largest absolute Gasteiger partial charge is 0.445 e. The Morgan fingerprint density at radius 1 is 1.00 bits per heavy atom. The van der Waals surface area contributed by atoms with Crippen molar-refractivity contribution in [2.45, 2.75) is 38.7 Å². The lowest BCUT2D eigenvalue weighted by molar-refractivity contribution is -0.121. The van der Waals surface area contributed by atoms with E-state index in [1.165, 1.54) is 0 Å². The molecule has 0 fully saturated rings. The molecule has 22 heavy (non-hydrogen) atoms. The Bertz CT molecular complexity index is 435. The Morgan fingerprint density at radius 2 is 1.77 bits per heavy atom. The van der Waals surface area contributed by atoms with Crippen LogP contribution >= 0.6 is 0 Å². The lowest BCUT2D eigenvalue weighted by atomic mass is 10.2. The van der Waals surface area contributed by atoms with Crippen LogP contribution in [0.1, 0.15) is 37.7 Å². The topological polar surface area (TPSA) is 67.4 Å². The predicted molar refractivity (Wildman–Crippen MR) is 86.1 cm³/mol. The monoisotopic (exact) mass is 305 g/mol. The van der Waals surface area contributed by atoms with Crippen molar-refractivity contribution in [3.63, 3.8) is 0 Å². The van der Waals surface area contributed by atoms with Crippen LogP contribution < -0.4 is 10.6 Å². The molecule has 1 aromatic rings. The van der Waals surface area contributed by atoms with Crippen LogP contribution in [0.3, 0.4) is 0 Å². The zero-order valence-electron chi connectivity index (χ0n) is 13.0. The molecule has 0 saturated heterocycles. The first-order valence-electron chi connectivity index (χ1n) is 7.73. The molecule has 0 heterocycles. The zero-order valence-corrected chi connectivity index (χ0v) is 13.0. The van der Waals surface area contributed by atoms with E-state index in [2.05, 4.69) is 17.6 Å². The van der Waals surface area contributed by atoms with Gasteiger partial charge in [-0.05, 0) is 24.8 Å². The number of carbonyl (C=O) groups is 2. The minimum absolute atomic E-state index is 0.0684. The molecular weight excluding hydrogens is 280 g/mol. The quantitative estimate of drug-likeness (QED) is 0.653. The molecule has 2 N–H and O–H groups in total. The van der Waals surface area contributed by atoms with Gasteiger partial charge in [-0.1, -0.05) is 43.7 Å². The van der Waals surface area contributed by atoms with Gasteiger partial charge in [0.1, 0.15) is 6.61 Å². The number of amides is 2. The van der Waals surface area contributed by atoms with Crippen LogP contribution in [0.25, 0.3) is 0 Å². The SMILES string of the molecule is [CH2]CCNC(=O)CCCCCNC(=O)OCc1ccccc1. The molecule has 0 atom stereocenters. The molecule has 0 spiro atoms. The van der Waals surface area contributed by atoms with Gasteiger partial charge in [-0.2, -0.15) is 0 Å². The summed E-state index contributed by atoms with van der Waals surface area (Å²) in [5.74, 6) is 0.0684. The maximum absolute atomic E-state index is 11.5. The van der Waals surface area contributed by atoms with Gasteiger partial charge in [0, 0.05) is 19.5 Å². The molecule has 0 bridgehead atoms. The van der Waals surface area contributed by atoms with Gasteiger partial charge in [-0.3, -0.25) is 4.79 Å². The summed E-state index contributed by atoms with van der Waals surface area (Å²) in [6, 6.07) is 9.55. The fourth-order valence-corrected chi connectivity index (χ4v) is 1.87. The molecule has 0 aromatic heterocycles. The van der Waals surface area contributed by atoms with Crippen molar-refractivity contribution in [3.05, 3.63) is 42.8 Å². The predicted octanol–water partition coefficient (Wildman–Crippen LogP) is 2.81. The van der Waals surface area contributed by atoms with Crippen molar-refractivity contribution in [1.29, 1.82) is 0 Å². The molecule has 121 valence electrons. The van der Waals surface area contributed by atoms with Crippen molar-refractivity contribution in [2.24, 2.45) is 0 Å². The molecule has 2 amide bonds. The van der Waals surface area contributed by atoms with Crippen molar-refractivity contribution in [3.8, 4) is 0 Å². The highest BCUT2D eigenvalue weighted by atomic mass is 16.5. The lowest BCUT2D eigenvalue weighted by Gasteiger charge is -2.07. The molecule has 5 nitrogen and oxygen atoms in total. The molecule has 1 rings (SSSR count). The number of hydrogen-bond donors (Lipinski definition) is 2. The van der Waals surface area contributed by atoms with Gasteiger partial charge in [0.05, 0.1) is 0 Å². The lowest BCUT2D eigenvalue weighted by Crippen LogP contribution is -2.25. The first-order chi connectivity index (χ1) is 10.7. The fraction of sp³-hybridized carbons (Fsp3) is 0.471. The fourth-order valence-electron chi connectivity index (χ4n) is 1.87. The summed E-state index contributed by atoms with van der Waals surface area (Å²) in [5, 5.41) is 5.49. The highest BCUT2D eigenvalue weighted by molar-refractivity contribution is 5.75. The van der Waals surface area contributed by atoms with E-state index in [-0.39, 0.29) is 12.5 Å². The van der Waals surface area contributed by atoms with Crippen LogP contribution in [0.5, 0.6) is 0 Å². The van der Waals surface area contributed by atoms with Crippen LogP contribution in [0.15, 0.2) is 30.3 Å². The molecule has 0 aliphatic carbocycles. The second-order valence-corrected chi connectivity index (χ2v) is 5.00. The third kappa shape index (κ3) is 9.00. The Morgan fingerprint density at radius 3 is 2.50 bits per heavy atom. The summed E-state index contributed by atoms with van der Waals surface area (Å²) >= 11 is 0. The van der Waals surface area contributed by atoms with Crippen molar-refractivity contribution >= 4 is 12.0 Å². The van der Waals surface area contributed by atoms with E-state index in [4.69, 9.17) is 4.74 Å². The van der Waals surface area contributed by atoms with Crippen LogP contribution in [0, 0.1) is 6.92 Å². The van der Waals surface area contributed by atoms with E-state index in [1.807, 2.05) is 30.3 Å². The van der Waals surface area contributed by atoms with Gasteiger partial charge < -0.3 is 15.4 Å². The summed E-state index contributed by atoms with van der Waals surface area (Å²) < 4.78 is 5.10. The summed E-state index contributed by atoms with van der Waals surface area (Å²) in [7, 11) is 0. The molecular formula is C17H25N2O3. The van der Waals surface area contributed by atoms with Crippen LogP contribution in [0.2, 0.25) is 0 Å². The molecule has 1 aromatic carbocycles. The van der Waals surface area contributed by atoms with E-state index in [0.717, 1.165) is 24.8 Å². The van der Waals surface area contributed by atoms with E-state index < -0.39 is 6.09 Å². The molecule has 0 aliphatic heterocycles. The van der Waals surface area contributed by atoms with Crippen molar-refractivity contribution in [2.75, 3.05) is 13.1 Å². The van der Waals surface area contributed by atoms with Gasteiger partial charge in [-0.15, -0.1) is 0 Å². The molecule has 1 radical (unpaired) electrons. The molecule has 0 unspecified atom stereocenters. The Kier molecular flexibility index (Phi) is 9.50. The van der Waals surface area contributed by atoms with Crippen LogP contribution in [0.4, 0.5) is 4.79 Å². The minimum Gasteiger partial charge on any atom is -0.445 e. The maximum atomic E-state index is 11.5. The van der Waals surface area contributed by atoms with E-state index in [0.29, 0.717) is 25.9 Å². The van der Waals surface area contributed by atoms with E-state index in [9.17, 15) is 9.59 Å². The minimum atomic E-state index is -0.406. The molecule has 0 saturated carbocycles. The standard InChI is InChI=1S/C17H25N2O3/c1-2-12-18-16(20)11-7-4-8-13-19-17(21)22-14-15-9-5-3-6-10-15/h3,5-6,9-10H,1-2,4,7-8,11-14H2,(H,18,20)(H,19,21). The maximum Gasteiger partial charge on any atom is 0.407 e. The van der Waals surface area contributed by atoms with E-state index in [1.54, 1.807) is 0 Å². The van der Waals surface area contributed by atoms with Crippen molar-refractivity contribution < 1.29 is 14.3 Å². The molecule has 0 aliphatic rings. The number of nitrogens with one attached hydrogen (secondary N) is 2. The highest BCUT2D eigenvalue weighted by Gasteiger charge is 2.02. The van der Waals surface area contributed by atoms with Gasteiger partial charge >= 0.3 is 6.09 Å². The summed E-state index contributed by atoms with van der Waals surface area (Å²) in [6.07, 6.45) is 3.39. The van der Waals surface area contributed by atoms with Crippen molar-refractivity contribution in [1.82, 2.24) is 10.6 Å². The second kappa shape index (κ2) is 11.6. The summed E-state index contributed by atoms with van der Waals surface area (Å²) in [5.41, 5.74) is 0.964.